The third-order valence-corrected chi connectivity index (χ3v) is 4.19. The summed E-state index contributed by atoms with van der Waals surface area (Å²) in [5.74, 6) is -0.329. The molecule has 1 aliphatic rings. The van der Waals surface area contributed by atoms with Crippen molar-refractivity contribution in [2.45, 2.75) is 39.4 Å². The van der Waals surface area contributed by atoms with E-state index in [4.69, 9.17) is 18.5 Å². The van der Waals surface area contributed by atoms with E-state index < -0.39 is 7.60 Å². The fourth-order valence-electron chi connectivity index (χ4n) is 1.75. The van der Waals surface area contributed by atoms with Gasteiger partial charge >= 0.3 is 13.6 Å². The van der Waals surface area contributed by atoms with Gasteiger partial charge in [0.05, 0.1) is 19.3 Å². The Kier molecular flexibility index (Phi) is 6.72. The van der Waals surface area contributed by atoms with Crippen molar-refractivity contribution in [3.05, 3.63) is 12.2 Å². The molecule has 2 atom stereocenters. The van der Waals surface area contributed by atoms with Gasteiger partial charge in [-0.1, -0.05) is 6.08 Å². The van der Waals surface area contributed by atoms with Gasteiger partial charge in [-0.2, -0.15) is 0 Å². The van der Waals surface area contributed by atoms with Crippen molar-refractivity contribution in [1.29, 1.82) is 0 Å². The van der Waals surface area contributed by atoms with Crippen LogP contribution in [-0.2, 0) is 27.9 Å². The molecule has 0 spiro atoms. The smallest absolute Gasteiger partial charge is 0.356 e. The molecule has 1 rings (SSSR count). The molecule has 110 valence electrons. The molecular weight excluding hydrogens is 271 g/mol. The summed E-state index contributed by atoms with van der Waals surface area (Å²) < 4.78 is 32.9. The van der Waals surface area contributed by atoms with E-state index in [1.165, 1.54) is 6.92 Å². The SMILES string of the molecule is CCOP(=O)(CO[C@@H]1C=C[C@H](OC(C)=O)C1)OCC. The third kappa shape index (κ3) is 5.87. The summed E-state index contributed by atoms with van der Waals surface area (Å²) in [6.07, 6.45) is 3.46. The molecule has 0 N–H and O–H groups in total. The lowest BCUT2D eigenvalue weighted by Crippen LogP contribution is -2.17. The molecule has 0 saturated heterocycles. The van der Waals surface area contributed by atoms with E-state index in [0.717, 1.165) is 0 Å². The monoisotopic (exact) mass is 292 g/mol. The van der Waals surface area contributed by atoms with Crippen LogP contribution in [-0.4, -0.2) is 37.7 Å². The first-order valence-corrected chi connectivity index (χ1v) is 8.07. The van der Waals surface area contributed by atoms with E-state index in [-0.39, 0.29) is 24.5 Å². The van der Waals surface area contributed by atoms with Gasteiger partial charge in [-0.25, -0.2) is 0 Å². The van der Waals surface area contributed by atoms with E-state index in [0.29, 0.717) is 19.6 Å². The molecule has 0 fully saturated rings. The number of hydrogen-bond donors (Lipinski definition) is 0. The largest absolute Gasteiger partial charge is 0.458 e. The van der Waals surface area contributed by atoms with E-state index in [2.05, 4.69) is 0 Å². The van der Waals surface area contributed by atoms with Crippen molar-refractivity contribution < 1.29 is 27.9 Å². The number of hydrogen-bond acceptors (Lipinski definition) is 6. The van der Waals surface area contributed by atoms with Gasteiger partial charge in [0.15, 0.2) is 0 Å². The molecule has 0 aliphatic heterocycles. The van der Waals surface area contributed by atoms with Crippen LogP contribution in [0.15, 0.2) is 12.2 Å². The molecule has 7 heteroatoms. The second kappa shape index (κ2) is 7.80. The normalized spacial score (nSPS) is 22.7. The van der Waals surface area contributed by atoms with Gasteiger partial charge in [0, 0.05) is 13.3 Å². The molecule has 0 amide bonds. The number of esters is 1. The maximum atomic E-state index is 12.2. The van der Waals surface area contributed by atoms with Gasteiger partial charge in [-0.15, -0.1) is 0 Å². The minimum absolute atomic E-state index is 0.101. The van der Waals surface area contributed by atoms with Crippen LogP contribution in [0.5, 0.6) is 0 Å². The summed E-state index contributed by atoms with van der Waals surface area (Å²) in [6.45, 7) is 5.46. The van der Waals surface area contributed by atoms with Crippen molar-refractivity contribution in [2.75, 3.05) is 19.6 Å². The molecule has 0 unspecified atom stereocenters. The lowest BCUT2D eigenvalue weighted by Gasteiger charge is -2.19. The Labute approximate surface area is 113 Å². The third-order valence-electron chi connectivity index (χ3n) is 2.42. The van der Waals surface area contributed by atoms with Crippen LogP contribution in [0.2, 0.25) is 0 Å². The van der Waals surface area contributed by atoms with Gasteiger partial charge in [0.2, 0.25) is 0 Å². The number of ether oxygens (including phenoxy) is 2. The van der Waals surface area contributed by atoms with E-state index >= 15 is 0 Å². The highest BCUT2D eigenvalue weighted by Gasteiger charge is 2.28. The summed E-state index contributed by atoms with van der Waals surface area (Å²) in [5.41, 5.74) is 0. The maximum absolute atomic E-state index is 12.2. The Morgan fingerprint density at radius 2 is 1.79 bits per heavy atom. The second-order valence-corrected chi connectivity index (χ2v) is 6.05. The molecule has 0 aromatic carbocycles. The number of rotatable bonds is 8. The van der Waals surface area contributed by atoms with Gasteiger partial charge in [-0.05, 0) is 19.9 Å². The van der Waals surface area contributed by atoms with Crippen LogP contribution in [0.25, 0.3) is 0 Å². The molecule has 0 aromatic rings. The average Bonchev–Trinajstić information content (AvgIpc) is 2.74. The quantitative estimate of drug-likeness (QED) is 0.389. The van der Waals surface area contributed by atoms with Crippen LogP contribution in [0.4, 0.5) is 0 Å². The van der Waals surface area contributed by atoms with Crippen LogP contribution in [0, 0.1) is 0 Å². The highest BCUT2D eigenvalue weighted by Crippen LogP contribution is 2.48. The Morgan fingerprint density at radius 1 is 1.21 bits per heavy atom. The standard InChI is InChI=1S/C12H21O6P/c1-4-16-19(14,17-5-2)9-15-11-6-7-12(8-11)18-10(3)13/h6-7,11-12H,4-5,8-9H2,1-3H3/t11-,12+/m1/s1. The van der Waals surface area contributed by atoms with Crippen molar-refractivity contribution in [3.63, 3.8) is 0 Å². The molecule has 19 heavy (non-hydrogen) atoms. The van der Waals surface area contributed by atoms with E-state index in [1.807, 2.05) is 0 Å². The first-order chi connectivity index (χ1) is 8.99. The van der Waals surface area contributed by atoms with E-state index in [9.17, 15) is 9.36 Å². The molecule has 6 nitrogen and oxygen atoms in total. The summed E-state index contributed by atoms with van der Waals surface area (Å²) in [4.78, 5) is 10.8. The van der Waals surface area contributed by atoms with Gasteiger partial charge in [-0.3, -0.25) is 9.36 Å². The zero-order valence-electron chi connectivity index (χ0n) is 11.5. The predicted octanol–water partition coefficient (Wildman–Crippen LogP) is 2.49. The zero-order chi connectivity index (χ0) is 14.3. The Hall–Kier alpha value is -0.680. The van der Waals surface area contributed by atoms with Crippen molar-refractivity contribution in [1.82, 2.24) is 0 Å². The fraction of sp³-hybridized carbons (Fsp3) is 0.750. The van der Waals surface area contributed by atoms with Gasteiger partial charge in [0.1, 0.15) is 12.5 Å². The summed E-state index contributed by atoms with van der Waals surface area (Å²) in [7, 11) is -3.18. The molecule has 1 aliphatic carbocycles. The molecule has 0 heterocycles. The van der Waals surface area contributed by atoms with Crippen LogP contribution < -0.4 is 0 Å². The highest BCUT2D eigenvalue weighted by molar-refractivity contribution is 7.53. The average molecular weight is 292 g/mol. The molecule has 0 radical (unpaired) electrons. The maximum Gasteiger partial charge on any atom is 0.356 e. The van der Waals surface area contributed by atoms with Crippen LogP contribution in [0.3, 0.4) is 0 Å². The Balaban J connectivity index is 2.38. The fourth-order valence-corrected chi connectivity index (χ4v) is 3.13. The number of carbonyl (C=O) groups is 1. The summed E-state index contributed by atoms with van der Waals surface area (Å²) in [6, 6.07) is 0. The molecule has 0 bridgehead atoms. The van der Waals surface area contributed by atoms with Gasteiger partial charge in [0.25, 0.3) is 0 Å². The lowest BCUT2D eigenvalue weighted by atomic mass is 10.3. The second-order valence-electron chi connectivity index (χ2n) is 4.05. The van der Waals surface area contributed by atoms with Crippen molar-refractivity contribution in [3.8, 4) is 0 Å². The van der Waals surface area contributed by atoms with Crippen LogP contribution >= 0.6 is 7.60 Å². The Morgan fingerprint density at radius 3 is 2.32 bits per heavy atom. The van der Waals surface area contributed by atoms with Gasteiger partial charge < -0.3 is 18.5 Å². The first kappa shape index (κ1) is 16.4. The molecule has 0 aromatic heterocycles. The minimum Gasteiger partial charge on any atom is -0.458 e. The Bertz CT molecular complexity index is 357. The molecular formula is C12H21O6P. The minimum atomic E-state index is -3.18. The van der Waals surface area contributed by atoms with Crippen molar-refractivity contribution in [2.24, 2.45) is 0 Å². The van der Waals surface area contributed by atoms with E-state index in [1.54, 1.807) is 26.0 Å². The summed E-state index contributed by atoms with van der Waals surface area (Å²) in [5, 5.41) is 0. The van der Waals surface area contributed by atoms with Crippen LogP contribution in [0.1, 0.15) is 27.2 Å². The van der Waals surface area contributed by atoms with Crippen molar-refractivity contribution >= 4 is 13.6 Å². The predicted molar refractivity (Wildman–Crippen MR) is 69.9 cm³/mol. The number of carbonyl (C=O) groups excluding carboxylic acids is 1. The highest BCUT2D eigenvalue weighted by atomic mass is 31.2. The zero-order valence-corrected chi connectivity index (χ0v) is 12.4. The topological polar surface area (TPSA) is 71.1 Å². The molecule has 0 saturated carbocycles. The first-order valence-electron chi connectivity index (χ1n) is 6.34. The lowest BCUT2D eigenvalue weighted by molar-refractivity contribution is -0.144. The summed E-state index contributed by atoms with van der Waals surface area (Å²) >= 11 is 0.